The minimum Gasteiger partial charge on any atom is -0.343 e. The Morgan fingerprint density at radius 1 is 1.50 bits per heavy atom. The van der Waals surface area contributed by atoms with E-state index in [2.05, 4.69) is 21.2 Å². The Morgan fingerprint density at radius 2 is 2.22 bits per heavy atom. The van der Waals surface area contributed by atoms with E-state index in [4.69, 9.17) is 0 Å². The molecule has 1 N–H and O–H groups in total. The molecule has 1 aromatic carbocycles. The summed E-state index contributed by atoms with van der Waals surface area (Å²) in [5.41, 5.74) is 0.436. The Labute approximate surface area is 112 Å². The van der Waals surface area contributed by atoms with Gasteiger partial charge in [0, 0.05) is 6.08 Å². The second-order valence-electron chi connectivity index (χ2n) is 4.26. The van der Waals surface area contributed by atoms with Crippen molar-refractivity contribution >= 4 is 21.8 Å². The molecular formula is C13H12BrF2NO. The monoisotopic (exact) mass is 315 g/mol. The predicted octanol–water partition coefficient (Wildman–Crippen LogP) is 3.22. The Morgan fingerprint density at radius 3 is 2.78 bits per heavy atom. The highest BCUT2D eigenvalue weighted by molar-refractivity contribution is 9.10. The SMILES string of the molecule is O=C(/C=C/CF)NC1(c2ccc(F)c(Br)c2)CC1. The summed E-state index contributed by atoms with van der Waals surface area (Å²) >= 11 is 3.12. The Kier molecular flexibility index (Phi) is 3.80. The molecule has 2 rings (SSSR count). The van der Waals surface area contributed by atoms with Gasteiger partial charge in [0.05, 0.1) is 10.0 Å². The summed E-state index contributed by atoms with van der Waals surface area (Å²) in [6.45, 7) is -0.664. The molecule has 18 heavy (non-hydrogen) atoms. The largest absolute Gasteiger partial charge is 0.343 e. The molecule has 96 valence electrons. The molecule has 1 aliphatic carbocycles. The maximum atomic E-state index is 13.1. The van der Waals surface area contributed by atoms with Crippen molar-refractivity contribution in [2.45, 2.75) is 18.4 Å². The van der Waals surface area contributed by atoms with E-state index >= 15 is 0 Å². The number of allylic oxidation sites excluding steroid dienone is 1. The standard InChI is InChI=1S/C13H12BrF2NO/c14-10-8-9(3-4-11(10)16)13(5-6-13)17-12(18)2-1-7-15/h1-4,8H,5-7H2,(H,17,18)/b2-1+. The van der Waals surface area contributed by atoms with Gasteiger partial charge >= 0.3 is 0 Å². The average Bonchev–Trinajstić information content (AvgIpc) is 3.11. The van der Waals surface area contributed by atoms with Gasteiger partial charge in [0.25, 0.3) is 0 Å². The molecule has 0 bridgehead atoms. The van der Waals surface area contributed by atoms with E-state index < -0.39 is 12.2 Å². The highest BCUT2D eigenvalue weighted by Crippen LogP contribution is 2.46. The van der Waals surface area contributed by atoms with Gasteiger partial charge in [0.2, 0.25) is 5.91 Å². The lowest BCUT2D eigenvalue weighted by molar-refractivity contribution is -0.117. The first-order valence-corrected chi connectivity index (χ1v) is 6.37. The summed E-state index contributed by atoms with van der Waals surface area (Å²) in [5.74, 6) is -0.663. The number of benzene rings is 1. The Hall–Kier alpha value is -1.23. The van der Waals surface area contributed by atoms with Crippen LogP contribution in [0.1, 0.15) is 18.4 Å². The van der Waals surface area contributed by atoms with Crippen LogP contribution >= 0.6 is 15.9 Å². The highest BCUT2D eigenvalue weighted by Gasteiger charge is 2.45. The van der Waals surface area contributed by atoms with Crippen molar-refractivity contribution in [3.8, 4) is 0 Å². The number of amides is 1. The van der Waals surface area contributed by atoms with Crippen LogP contribution in [0, 0.1) is 5.82 Å². The van der Waals surface area contributed by atoms with Crippen LogP contribution < -0.4 is 5.32 Å². The van der Waals surface area contributed by atoms with Gasteiger partial charge in [-0.1, -0.05) is 6.07 Å². The number of carbonyl (C=O) groups is 1. The van der Waals surface area contributed by atoms with E-state index in [1.165, 1.54) is 12.1 Å². The van der Waals surface area contributed by atoms with Crippen molar-refractivity contribution in [3.63, 3.8) is 0 Å². The van der Waals surface area contributed by atoms with Crippen molar-refractivity contribution in [1.82, 2.24) is 5.32 Å². The Bertz CT molecular complexity index is 498. The van der Waals surface area contributed by atoms with Crippen molar-refractivity contribution < 1.29 is 13.6 Å². The second kappa shape index (κ2) is 5.18. The number of hydrogen-bond donors (Lipinski definition) is 1. The number of alkyl halides is 1. The molecular weight excluding hydrogens is 304 g/mol. The summed E-state index contributed by atoms with van der Waals surface area (Å²) in [7, 11) is 0. The Balaban J connectivity index is 2.14. The quantitative estimate of drug-likeness (QED) is 0.849. The molecule has 0 atom stereocenters. The zero-order chi connectivity index (χ0) is 13.2. The average molecular weight is 316 g/mol. The third-order valence-corrected chi connectivity index (χ3v) is 3.55. The van der Waals surface area contributed by atoms with Crippen LogP contribution in [0.25, 0.3) is 0 Å². The fourth-order valence-corrected chi connectivity index (χ4v) is 2.21. The predicted molar refractivity (Wildman–Crippen MR) is 68.3 cm³/mol. The number of hydrogen-bond acceptors (Lipinski definition) is 1. The number of rotatable bonds is 4. The summed E-state index contributed by atoms with van der Waals surface area (Å²) < 4.78 is 25.4. The molecule has 1 saturated carbocycles. The molecule has 1 fully saturated rings. The van der Waals surface area contributed by atoms with E-state index in [1.807, 2.05) is 0 Å². The molecule has 0 saturated heterocycles. The van der Waals surface area contributed by atoms with Gasteiger partial charge in [-0.3, -0.25) is 4.79 Å². The van der Waals surface area contributed by atoms with Crippen LogP contribution in [0.5, 0.6) is 0 Å². The van der Waals surface area contributed by atoms with Crippen molar-refractivity contribution in [2.24, 2.45) is 0 Å². The fourth-order valence-electron chi connectivity index (χ4n) is 1.83. The summed E-state index contributed by atoms with van der Waals surface area (Å²) in [6, 6.07) is 4.69. The van der Waals surface area contributed by atoms with E-state index in [0.717, 1.165) is 24.5 Å². The first kappa shape index (κ1) is 13.2. The molecule has 1 aromatic rings. The lowest BCUT2D eigenvalue weighted by Gasteiger charge is -2.17. The van der Waals surface area contributed by atoms with Gasteiger partial charge in [0.1, 0.15) is 12.5 Å². The van der Waals surface area contributed by atoms with Gasteiger partial charge in [-0.05, 0) is 52.5 Å². The smallest absolute Gasteiger partial charge is 0.244 e. The van der Waals surface area contributed by atoms with E-state index in [1.54, 1.807) is 12.1 Å². The normalized spacial score (nSPS) is 16.8. The van der Waals surface area contributed by atoms with Gasteiger partial charge in [-0.15, -0.1) is 0 Å². The number of nitrogens with one attached hydrogen (secondary N) is 1. The van der Waals surface area contributed by atoms with Crippen molar-refractivity contribution in [1.29, 1.82) is 0 Å². The van der Waals surface area contributed by atoms with Gasteiger partial charge in [0.15, 0.2) is 0 Å². The first-order chi connectivity index (χ1) is 8.57. The van der Waals surface area contributed by atoms with Gasteiger partial charge < -0.3 is 5.32 Å². The lowest BCUT2D eigenvalue weighted by Crippen LogP contribution is -2.33. The number of halogens is 3. The van der Waals surface area contributed by atoms with E-state index in [0.29, 0.717) is 4.47 Å². The summed E-state index contributed by atoms with van der Waals surface area (Å²) in [6.07, 6.45) is 3.95. The maximum absolute atomic E-state index is 13.1. The molecule has 5 heteroatoms. The third-order valence-electron chi connectivity index (χ3n) is 2.94. The van der Waals surface area contributed by atoms with E-state index in [9.17, 15) is 13.6 Å². The molecule has 0 aromatic heterocycles. The molecule has 1 amide bonds. The minimum absolute atomic E-state index is 0.328. The molecule has 0 heterocycles. The molecule has 0 spiro atoms. The van der Waals surface area contributed by atoms with Crippen LogP contribution in [0.3, 0.4) is 0 Å². The van der Waals surface area contributed by atoms with Crippen LogP contribution in [0.4, 0.5) is 8.78 Å². The van der Waals surface area contributed by atoms with Gasteiger partial charge in [-0.25, -0.2) is 8.78 Å². The zero-order valence-corrected chi connectivity index (χ0v) is 11.1. The van der Waals surface area contributed by atoms with Gasteiger partial charge in [-0.2, -0.15) is 0 Å². The minimum atomic E-state index is -0.664. The zero-order valence-electron chi connectivity index (χ0n) is 9.55. The van der Waals surface area contributed by atoms with Crippen LogP contribution in [-0.2, 0) is 10.3 Å². The maximum Gasteiger partial charge on any atom is 0.244 e. The molecule has 2 nitrogen and oxygen atoms in total. The van der Waals surface area contributed by atoms with Crippen LogP contribution in [0.15, 0.2) is 34.8 Å². The van der Waals surface area contributed by atoms with E-state index in [-0.39, 0.29) is 11.7 Å². The molecule has 0 radical (unpaired) electrons. The third kappa shape index (κ3) is 2.77. The first-order valence-electron chi connectivity index (χ1n) is 5.57. The highest BCUT2D eigenvalue weighted by atomic mass is 79.9. The topological polar surface area (TPSA) is 29.1 Å². The molecule has 1 aliphatic rings. The second-order valence-corrected chi connectivity index (χ2v) is 5.11. The van der Waals surface area contributed by atoms with Crippen LogP contribution in [-0.4, -0.2) is 12.6 Å². The summed E-state index contributed by atoms with van der Waals surface area (Å²) in [5, 5.41) is 2.83. The van der Waals surface area contributed by atoms with Crippen molar-refractivity contribution in [3.05, 3.63) is 46.2 Å². The lowest BCUT2D eigenvalue weighted by atomic mass is 10.0. The molecule has 0 unspecified atom stereocenters. The molecule has 0 aliphatic heterocycles. The van der Waals surface area contributed by atoms with Crippen LogP contribution in [0.2, 0.25) is 0 Å². The fraction of sp³-hybridized carbons (Fsp3) is 0.308. The summed E-state index contributed by atoms with van der Waals surface area (Å²) in [4.78, 5) is 11.5. The van der Waals surface area contributed by atoms with Crippen molar-refractivity contribution in [2.75, 3.05) is 6.67 Å². The number of carbonyl (C=O) groups excluding carboxylic acids is 1.